The van der Waals surface area contributed by atoms with E-state index in [1.54, 1.807) is 18.5 Å². The monoisotopic (exact) mass is 375 g/mol. The third kappa shape index (κ3) is 2.58. The van der Waals surface area contributed by atoms with Gasteiger partial charge in [-0.25, -0.2) is 0 Å². The molecule has 0 unspecified atom stereocenters. The number of nitrogens with zero attached hydrogens (tertiary/aromatic N) is 4. The number of aromatic nitrogens is 5. The second-order valence-electron chi connectivity index (χ2n) is 6.00. The summed E-state index contributed by atoms with van der Waals surface area (Å²) in [4.78, 5) is 17.8. The van der Waals surface area contributed by atoms with Gasteiger partial charge in [0, 0.05) is 11.1 Å². The lowest BCUT2D eigenvalue weighted by Crippen LogP contribution is -2.23. The zero-order valence-electron chi connectivity index (χ0n) is 14.2. The first kappa shape index (κ1) is 15.7. The van der Waals surface area contributed by atoms with E-state index in [1.165, 1.54) is 15.9 Å². The number of aryl methyl sites for hydroxylation is 1. The fraction of sp³-hybridized carbons (Fsp3) is 0.0526. The number of thiazole rings is 1. The van der Waals surface area contributed by atoms with Crippen LogP contribution in [0, 0.1) is 6.92 Å². The Balaban J connectivity index is 1.62. The average molecular weight is 375 g/mol. The van der Waals surface area contributed by atoms with Gasteiger partial charge in [0.15, 0.2) is 5.82 Å². The first-order chi connectivity index (χ1) is 13.2. The summed E-state index contributed by atoms with van der Waals surface area (Å²) in [7, 11) is 0. The van der Waals surface area contributed by atoms with Crippen LogP contribution in [0.2, 0.25) is 0 Å². The van der Waals surface area contributed by atoms with Gasteiger partial charge < -0.3 is 4.42 Å². The molecule has 8 heteroatoms. The van der Waals surface area contributed by atoms with E-state index in [-0.39, 0.29) is 5.56 Å². The van der Waals surface area contributed by atoms with Crippen molar-refractivity contribution in [1.29, 1.82) is 0 Å². The van der Waals surface area contributed by atoms with E-state index in [0.717, 1.165) is 28.1 Å². The standard InChI is InChI=1S/C19H13N5O2S/c1-11-14(7-8-26-11)17-21-19-24(23-17)18(25)15(27-19)9-13-10-20-22-16(13)12-5-3-2-4-6-12/h2-10H,1H3,(H,20,22). The summed E-state index contributed by atoms with van der Waals surface area (Å²) in [6.45, 7) is 1.84. The van der Waals surface area contributed by atoms with Crippen LogP contribution >= 0.6 is 11.3 Å². The Kier molecular flexibility index (Phi) is 3.51. The molecular formula is C19H13N5O2S. The smallest absolute Gasteiger partial charge is 0.291 e. The van der Waals surface area contributed by atoms with E-state index in [9.17, 15) is 4.79 Å². The first-order valence-corrected chi connectivity index (χ1v) is 9.07. The number of benzene rings is 1. The van der Waals surface area contributed by atoms with Crippen molar-refractivity contribution in [2.45, 2.75) is 6.92 Å². The highest BCUT2D eigenvalue weighted by Gasteiger charge is 2.15. The maximum Gasteiger partial charge on any atom is 0.291 e. The average Bonchev–Trinajstić information content (AvgIpc) is 3.44. The second kappa shape index (κ2) is 6.03. The van der Waals surface area contributed by atoms with Crippen LogP contribution in [0.4, 0.5) is 0 Å². The highest BCUT2D eigenvalue weighted by atomic mass is 32.1. The van der Waals surface area contributed by atoms with Gasteiger partial charge in [-0.3, -0.25) is 9.89 Å². The molecule has 0 saturated heterocycles. The molecule has 0 aliphatic rings. The van der Waals surface area contributed by atoms with Crippen LogP contribution in [0.15, 0.2) is 58.1 Å². The van der Waals surface area contributed by atoms with Crippen molar-refractivity contribution >= 4 is 22.4 Å². The van der Waals surface area contributed by atoms with Gasteiger partial charge in [0.2, 0.25) is 4.96 Å². The Morgan fingerprint density at radius 3 is 2.81 bits per heavy atom. The Hall–Kier alpha value is -3.52. The van der Waals surface area contributed by atoms with Gasteiger partial charge in [-0.2, -0.15) is 14.6 Å². The Labute approximate surface area is 156 Å². The Morgan fingerprint density at radius 2 is 2.07 bits per heavy atom. The minimum absolute atomic E-state index is 0.199. The third-order valence-electron chi connectivity index (χ3n) is 4.30. The molecule has 27 heavy (non-hydrogen) atoms. The van der Waals surface area contributed by atoms with E-state index < -0.39 is 0 Å². The van der Waals surface area contributed by atoms with Gasteiger partial charge in [0.05, 0.1) is 28.2 Å². The molecule has 7 nitrogen and oxygen atoms in total. The lowest BCUT2D eigenvalue weighted by molar-refractivity contribution is 0.535. The molecular weight excluding hydrogens is 362 g/mol. The number of H-pyrrole nitrogens is 1. The lowest BCUT2D eigenvalue weighted by Gasteiger charge is -1.98. The molecule has 5 rings (SSSR count). The molecule has 0 amide bonds. The minimum atomic E-state index is -0.199. The second-order valence-corrected chi connectivity index (χ2v) is 7.01. The van der Waals surface area contributed by atoms with Crippen molar-refractivity contribution in [3.8, 4) is 22.6 Å². The molecule has 1 N–H and O–H groups in total. The summed E-state index contributed by atoms with van der Waals surface area (Å²) in [5.41, 5.74) is 3.30. The van der Waals surface area contributed by atoms with Crippen molar-refractivity contribution in [2.24, 2.45) is 0 Å². The number of hydrogen-bond acceptors (Lipinski definition) is 6. The number of fused-ring (bicyclic) bond motifs is 1. The highest BCUT2D eigenvalue weighted by molar-refractivity contribution is 7.15. The highest BCUT2D eigenvalue weighted by Crippen LogP contribution is 2.22. The van der Waals surface area contributed by atoms with Crippen LogP contribution in [-0.2, 0) is 0 Å². The van der Waals surface area contributed by atoms with Crippen LogP contribution in [0.5, 0.6) is 0 Å². The first-order valence-electron chi connectivity index (χ1n) is 8.25. The van der Waals surface area contributed by atoms with Gasteiger partial charge in [0.1, 0.15) is 5.76 Å². The van der Waals surface area contributed by atoms with E-state index in [4.69, 9.17) is 4.42 Å². The normalized spacial score (nSPS) is 12.3. The van der Waals surface area contributed by atoms with Gasteiger partial charge in [-0.15, -0.1) is 5.10 Å². The molecule has 0 spiro atoms. The number of nitrogens with one attached hydrogen (secondary N) is 1. The molecule has 0 aliphatic heterocycles. The van der Waals surface area contributed by atoms with Crippen molar-refractivity contribution in [2.75, 3.05) is 0 Å². The molecule has 0 bridgehead atoms. The fourth-order valence-electron chi connectivity index (χ4n) is 2.95. The van der Waals surface area contributed by atoms with Crippen LogP contribution < -0.4 is 10.1 Å². The van der Waals surface area contributed by atoms with E-state index in [2.05, 4.69) is 20.3 Å². The molecule has 4 aromatic heterocycles. The molecule has 4 heterocycles. The number of hydrogen-bond donors (Lipinski definition) is 1. The van der Waals surface area contributed by atoms with E-state index >= 15 is 0 Å². The number of aromatic amines is 1. The van der Waals surface area contributed by atoms with Crippen LogP contribution in [-0.4, -0.2) is 24.8 Å². The topological polar surface area (TPSA) is 89.1 Å². The largest absolute Gasteiger partial charge is 0.469 e. The molecule has 0 radical (unpaired) electrons. The van der Waals surface area contributed by atoms with Crippen LogP contribution in [0.1, 0.15) is 11.3 Å². The maximum atomic E-state index is 12.8. The van der Waals surface area contributed by atoms with Gasteiger partial charge in [-0.05, 0) is 19.1 Å². The molecule has 0 fully saturated rings. The number of rotatable bonds is 3. The van der Waals surface area contributed by atoms with Crippen LogP contribution in [0.25, 0.3) is 33.7 Å². The molecule has 0 aliphatic carbocycles. The predicted molar refractivity (Wildman–Crippen MR) is 102 cm³/mol. The zero-order valence-corrected chi connectivity index (χ0v) is 15.0. The predicted octanol–water partition coefficient (Wildman–Crippen LogP) is 2.66. The number of furan rings is 1. The Bertz CT molecular complexity index is 1360. The fourth-order valence-corrected chi connectivity index (χ4v) is 3.85. The molecule has 1 aromatic carbocycles. The van der Waals surface area contributed by atoms with E-state index in [0.29, 0.717) is 15.3 Å². The summed E-state index contributed by atoms with van der Waals surface area (Å²) in [6.07, 6.45) is 5.11. The van der Waals surface area contributed by atoms with Crippen LogP contribution in [0.3, 0.4) is 0 Å². The summed E-state index contributed by atoms with van der Waals surface area (Å²) in [5, 5.41) is 11.5. The van der Waals surface area contributed by atoms with Gasteiger partial charge in [-0.1, -0.05) is 41.7 Å². The lowest BCUT2D eigenvalue weighted by atomic mass is 10.1. The molecule has 0 atom stereocenters. The maximum absolute atomic E-state index is 12.8. The van der Waals surface area contributed by atoms with E-state index in [1.807, 2.05) is 43.3 Å². The van der Waals surface area contributed by atoms with Crippen molar-refractivity contribution in [3.05, 3.63) is 75.1 Å². The minimum Gasteiger partial charge on any atom is -0.469 e. The van der Waals surface area contributed by atoms with Crippen molar-refractivity contribution < 1.29 is 4.42 Å². The Morgan fingerprint density at radius 1 is 1.22 bits per heavy atom. The molecule has 132 valence electrons. The summed E-state index contributed by atoms with van der Waals surface area (Å²) in [6, 6.07) is 11.7. The summed E-state index contributed by atoms with van der Waals surface area (Å²) >= 11 is 1.30. The summed E-state index contributed by atoms with van der Waals surface area (Å²) < 4.78 is 7.18. The van der Waals surface area contributed by atoms with Gasteiger partial charge in [0.25, 0.3) is 5.56 Å². The quantitative estimate of drug-likeness (QED) is 0.524. The summed E-state index contributed by atoms with van der Waals surface area (Å²) in [5.74, 6) is 1.21. The van der Waals surface area contributed by atoms with Gasteiger partial charge >= 0.3 is 0 Å². The molecule has 5 aromatic rings. The SMILES string of the molecule is Cc1occc1-c1nc2sc(=Cc3cn[nH]c3-c3ccccc3)c(=O)n2n1. The van der Waals surface area contributed by atoms with Crippen molar-refractivity contribution in [1.82, 2.24) is 24.8 Å². The zero-order chi connectivity index (χ0) is 18.4. The third-order valence-corrected chi connectivity index (χ3v) is 5.26. The molecule has 0 saturated carbocycles. The van der Waals surface area contributed by atoms with Crippen molar-refractivity contribution in [3.63, 3.8) is 0 Å².